The van der Waals surface area contributed by atoms with Crippen molar-refractivity contribution in [3.8, 4) is 0 Å². The fourth-order valence-electron chi connectivity index (χ4n) is 2.61. The average Bonchev–Trinajstić information content (AvgIpc) is 2.67. The quantitative estimate of drug-likeness (QED) is 0.740. The molecule has 0 radical (unpaired) electrons. The molecule has 0 amide bonds. The average molecular weight is 177 g/mol. The SMILES string of the molecule is NCc1cn(C2CC3CC3C2)cn1. The summed E-state index contributed by atoms with van der Waals surface area (Å²) >= 11 is 0. The van der Waals surface area contributed by atoms with Gasteiger partial charge in [0.25, 0.3) is 0 Å². The minimum absolute atomic E-state index is 0.562. The van der Waals surface area contributed by atoms with Crippen molar-refractivity contribution in [1.29, 1.82) is 0 Å². The summed E-state index contributed by atoms with van der Waals surface area (Å²) in [6.07, 6.45) is 8.26. The number of nitrogens with zero attached hydrogens (tertiary/aromatic N) is 2. The van der Waals surface area contributed by atoms with Gasteiger partial charge in [-0.25, -0.2) is 4.98 Å². The highest BCUT2D eigenvalue weighted by atomic mass is 15.1. The Bertz CT molecular complexity index is 308. The van der Waals surface area contributed by atoms with Crippen LogP contribution in [0.15, 0.2) is 12.5 Å². The molecule has 3 heteroatoms. The van der Waals surface area contributed by atoms with E-state index in [4.69, 9.17) is 5.73 Å². The first-order valence-corrected chi connectivity index (χ1v) is 5.09. The molecule has 2 unspecified atom stereocenters. The fourth-order valence-corrected chi connectivity index (χ4v) is 2.61. The third-order valence-electron chi connectivity index (χ3n) is 3.50. The molecular formula is C10H15N3. The first-order chi connectivity index (χ1) is 6.36. The maximum absolute atomic E-state index is 5.52. The zero-order valence-corrected chi connectivity index (χ0v) is 7.69. The van der Waals surface area contributed by atoms with Gasteiger partial charge in [0.05, 0.1) is 12.0 Å². The maximum Gasteiger partial charge on any atom is 0.0952 e. The lowest BCUT2D eigenvalue weighted by Crippen LogP contribution is -2.04. The second-order valence-corrected chi connectivity index (χ2v) is 4.40. The largest absolute Gasteiger partial charge is 0.334 e. The van der Waals surface area contributed by atoms with Gasteiger partial charge in [0, 0.05) is 18.8 Å². The Labute approximate surface area is 78.0 Å². The first-order valence-electron chi connectivity index (χ1n) is 5.09. The molecule has 2 fully saturated rings. The molecule has 0 saturated heterocycles. The topological polar surface area (TPSA) is 43.8 Å². The van der Waals surface area contributed by atoms with E-state index < -0.39 is 0 Å². The van der Waals surface area contributed by atoms with E-state index in [1.54, 1.807) is 0 Å². The van der Waals surface area contributed by atoms with Crippen molar-refractivity contribution < 1.29 is 0 Å². The summed E-state index contributed by atoms with van der Waals surface area (Å²) in [6, 6.07) is 0.719. The van der Waals surface area contributed by atoms with Crippen LogP contribution in [0.2, 0.25) is 0 Å². The minimum Gasteiger partial charge on any atom is -0.334 e. The number of aromatic nitrogens is 2. The lowest BCUT2D eigenvalue weighted by molar-refractivity contribution is 0.467. The van der Waals surface area contributed by atoms with Crippen molar-refractivity contribution in [2.24, 2.45) is 17.6 Å². The van der Waals surface area contributed by atoms with E-state index in [1.807, 2.05) is 6.33 Å². The lowest BCUT2D eigenvalue weighted by atomic mass is 10.1. The molecule has 0 bridgehead atoms. The van der Waals surface area contributed by atoms with Crippen LogP contribution in [0.4, 0.5) is 0 Å². The van der Waals surface area contributed by atoms with Gasteiger partial charge >= 0.3 is 0 Å². The molecule has 2 saturated carbocycles. The predicted octanol–water partition coefficient (Wildman–Crippen LogP) is 1.31. The summed E-state index contributed by atoms with van der Waals surface area (Å²) < 4.78 is 2.26. The Kier molecular flexibility index (Phi) is 1.50. The summed E-state index contributed by atoms with van der Waals surface area (Å²) in [7, 11) is 0. The summed E-state index contributed by atoms with van der Waals surface area (Å²) in [5, 5.41) is 0. The molecule has 1 aromatic rings. The Balaban J connectivity index is 1.77. The molecule has 0 aliphatic heterocycles. The maximum atomic E-state index is 5.52. The van der Waals surface area contributed by atoms with Crippen LogP contribution in [0, 0.1) is 11.8 Å². The van der Waals surface area contributed by atoms with Crippen molar-refractivity contribution in [2.45, 2.75) is 31.8 Å². The van der Waals surface area contributed by atoms with Crippen LogP contribution < -0.4 is 5.73 Å². The van der Waals surface area contributed by atoms with Crippen molar-refractivity contribution in [2.75, 3.05) is 0 Å². The van der Waals surface area contributed by atoms with E-state index in [0.29, 0.717) is 6.54 Å². The molecule has 2 atom stereocenters. The monoisotopic (exact) mass is 177 g/mol. The van der Waals surface area contributed by atoms with Gasteiger partial charge in [0.2, 0.25) is 0 Å². The molecule has 0 aromatic carbocycles. The first kappa shape index (κ1) is 7.56. The zero-order valence-electron chi connectivity index (χ0n) is 7.69. The molecule has 70 valence electrons. The summed E-state index contributed by atoms with van der Waals surface area (Å²) in [6.45, 7) is 0.562. The summed E-state index contributed by atoms with van der Waals surface area (Å²) in [5.41, 5.74) is 6.54. The minimum atomic E-state index is 0.562. The number of hydrogen-bond donors (Lipinski definition) is 1. The van der Waals surface area contributed by atoms with Crippen LogP contribution in [-0.2, 0) is 6.54 Å². The van der Waals surface area contributed by atoms with Gasteiger partial charge in [-0.2, -0.15) is 0 Å². The van der Waals surface area contributed by atoms with Gasteiger partial charge in [0.15, 0.2) is 0 Å². The normalized spacial score (nSPS) is 36.2. The molecular weight excluding hydrogens is 162 g/mol. The second-order valence-electron chi connectivity index (χ2n) is 4.40. The van der Waals surface area contributed by atoms with E-state index in [-0.39, 0.29) is 0 Å². The molecule has 2 aliphatic rings. The molecule has 1 heterocycles. The highest BCUT2D eigenvalue weighted by Crippen LogP contribution is 2.55. The van der Waals surface area contributed by atoms with Crippen LogP contribution >= 0.6 is 0 Å². The van der Waals surface area contributed by atoms with Gasteiger partial charge < -0.3 is 10.3 Å². The van der Waals surface area contributed by atoms with Gasteiger partial charge in [-0.3, -0.25) is 0 Å². The molecule has 1 aromatic heterocycles. The van der Waals surface area contributed by atoms with Crippen LogP contribution in [0.1, 0.15) is 31.0 Å². The van der Waals surface area contributed by atoms with Gasteiger partial charge in [-0.15, -0.1) is 0 Å². The summed E-state index contributed by atoms with van der Waals surface area (Å²) in [5.74, 6) is 2.07. The Morgan fingerprint density at radius 3 is 2.77 bits per heavy atom. The molecule has 0 spiro atoms. The standard InChI is InChI=1S/C10H15N3/c11-4-9-5-13(6-12-9)10-2-7-1-8(7)3-10/h5-8,10H,1-4,11H2. The van der Waals surface area contributed by atoms with Crippen molar-refractivity contribution in [3.63, 3.8) is 0 Å². The number of nitrogens with two attached hydrogens (primary N) is 1. The molecule has 2 N–H and O–H groups in total. The smallest absolute Gasteiger partial charge is 0.0952 e. The number of imidazole rings is 1. The highest BCUT2D eigenvalue weighted by Gasteiger charge is 2.46. The van der Waals surface area contributed by atoms with Crippen molar-refractivity contribution in [1.82, 2.24) is 9.55 Å². The second kappa shape index (κ2) is 2.58. The Morgan fingerprint density at radius 2 is 2.15 bits per heavy atom. The number of hydrogen-bond acceptors (Lipinski definition) is 2. The van der Waals surface area contributed by atoms with Crippen LogP contribution in [0.3, 0.4) is 0 Å². The zero-order chi connectivity index (χ0) is 8.84. The third kappa shape index (κ3) is 1.18. The highest BCUT2D eigenvalue weighted by molar-refractivity contribution is 5.03. The van der Waals surface area contributed by atoms with Gasteiger partial charge in [-0.05, 0) is 31.1 Å². The van der Waals surface area contributed by atoms with E-state index in [1.165, 1.54) is 19.3 Å². The molecule has 3 rings (SSSR count). The van der Waals surface area contributed by atoms with Crippen molar-refractivity contribution in [3.05, 3.63) is 18.2 Å². The van der Waals surface area contributed by atoms with Crippen molar-refractivity contribution >= 4 is 0 Å². The molecule has 2 aliphatic carbocycles. The van der Waals surface area contributed by atoms with E-state index in [0.717, 1.165) is 23.6 Å². The third-order valence-corrected chi connectivity index (χ3v) is 3.50. The lowest BCUT2D eigenvalue weighted by Gasteiger charge is -2.12. The summed E-state index contributed by atoms with van der Waals surface area (Å²) in [4.78, 5) is 4.26. The molecule has 3 nitrogen and oxygen atoms in total. The van der Waals surface area contributed by atoms with E-state index in [9.17, 15) is 0 Å². The Morgan fingerprint density at radius 1 is 1.38 bits per heavy atom. The van der Waals surface area contributed by atoms with Crippen LogP contribution in [0.5, 0.6) is 0 Å². The van der Waals surface area contributed by atoms with Crippen LogP contribution in [0.25, 0.3) is 0 Å². The van der Waals surface area contributed by atoms with Crippen LogP contribution in [-0.4, -0.2) is 9.55 Å². The predicted molar refractivity (Wildman–Crippen MR) is 50.0 cm³/mol. The molecule has 13 heavy (non-hydrogen) atoms. The van der Waals surface area contributed by atoms with E-state index in [2.05, 4.69) is 15.7 Å². The fraction of sp³-hybridized carbons (Fsp3) is 0.700. The van der Waals surface area contributed by atoms with E-state index >= 15 is 0 Å². The number of fused-ring (bicyclic) bond motifs is 1. The number of rotatable bonds is 2. The Hall–Kier alpha value is -0.830. The van der Waals surface area contributed by atoms with Gasteiger partial charge in [-0.1, -0.05) is 0 Å². The van der Waals surface area contributed by atoms with Gasteiger partial charge in [0.1, 0.15) is 0 Å².